The summed E-state index contributed by atoms with van der Waals surface area (Å²) in [5.41, 5.74) is 5.30. The quantitative estimate of drug-likeness (QED) is 0.580. The number of carbonyl (C=O) groups excluding carboxylic acids is 3. The Balaban J connectivity index is 2.08. The molecule has 1 aromatic carbocycles. The number of amides is 3. The number of pyridine rings is 1. The van der Waals surface area contributed by atoms with Crippen LogP contribution in [0.15, 0.2) is 36.5 Å². The van der Waals surface area contributed by atoms with Crippen LogP contribution in [0.5, 0.6) is 0 Å². The first kappa shape index (κ1) is 26.1. The molecule has 0 radical (unpaired) electrons. The SMILES string of the molecule is C[C@@H]1CCC[C@H](NC(=O)OC(C)(C)C)c2cc(ccn2)-c2ccc(C(F)(F)C(N)=O)cc2NC1=O. The Morgan fingerprint density at radius 2 is 1.89 bits per heavy atom. The number of rotatable bonds is 3. The molecule has 2 aromatic rings. The molecule has 3 rings (SSSR count). The van der Waals surface area contributed by atoms with Gasteiger partial charge in [0.2, 0.25) is 5.91 Å². The standard InChI is InChI=1S/C25H30F2N4O4/c1-14-6-5-7-18(31-23(34)35-24(2,3)4)20-12-15(10-11-29-20)17-9-8-16(25(26,27)22(28)33)13-19(17)30-21(14)32/h8-14,18H,5-7H2,1-4H3,(H2,28,33)(H,30,32)(H,31,34)/t14-,18+/m1/s1. The van der Waals surface area contributed by atoms with E-state index in [2.05, 4.69) is 15.6 Å². The lowest BCUT2D eigenvalue weighted by Crippen LogP contribution is -2.35. The van der Waals surface area contributed by atoms with Crippen molar-refractivity contribution in [2.24, 2.45) is 11.7 Å². The van der Waals surface area contributed by atoms with Gasteiger partial charge >= 0.3 is 12.0 Å². The average molecular weight is 489 g/mol. The molecule has 10 heteroatoms. The highest BCUT2D eigenvalue weighted by molar-refractivity contribution is 5.97. The van der Waals surface area contributed by atoms with Crippen LogP contribution in [0.1, 0.15) is 64.3 Å². The van der Waals surface area contributed by atoms with E-state index in [0.29, 0.717) is 36.1 Å². The van der Waals surface area contributed by atoms with Gasteiger partial charge in [-0.2, -0.15) is 8.78 Å². The van der Waals surface area contributed by atoms with Gasteiger partial charge in [0.05, 0.1) is 11.7 Å². The first-order chi connectivity index (χ1) is 16.3. The lowest BCUT2D eigenvalue weighted by atomic mass is 9.94. The third-order valence-electron chi connectivity index (χ3n) is 5.67. The maximum atomic E-state index is 14.3. The lowest BCUT2D eigenvalue weighted by Gasteiger charge is -2.25. The third-order valence-corrected chi connectivity index (χ3v) is 5.67. The Bertz CT molecular complexity index is 1130. The van der Waals surface area contributed by atoms with Gasteiger partial charge in [0.1, 0.15) is 5.60 Å². The minimum Gasteiger partial charge on any atom is -0.444 e. The Kier molecular flexibility index (Phi) is 7.42. The predicted octanol–water partition coefficient (Wildman–Crippen LogP) is 4.65. The number of primary amides is 1. The smallest absolute Gasteiger partial charge is 0.408 e. The summed E-state index contributed by atoms with van der Waals surface area (Å²) >= 11 is 0. The molecule has 8 nitrogen and oxygen atoms in total. The normalized spacial score (nSPS) is 18.9. The van der Waals surface area contributed by atoms with E-state index in [1.807, 2.05) is 0 Å². The summed E-state index contributed by atoms with van der Waals surface area (Å²) in [5.74, 6) is -6.47. The number of benzene rings is 1. The number of fused-ring (bicyclic) bond motifs is 4. The summed E-state index contributed by atoms with van der Waals surface area (Å²) in [7, 11) is 0. The molecule has 1 aliphatic rings. The summed E-state index contributed by atoms with van der Waals surface area (Å²) in [6.07, 6.45) is 2.55. The van der Waals surface area contributed by atoms with Crippen LogP contribution in [0.3, 0.4) is 0 Å². The minimum absolute atomic E-state index is 0.120. The zero-order valence-corrected chi connectivity index (χ0v) is 20.2. The zero-order valence-electron chi connectivity index (χ0n) is 20.2. The molecular formula is C25H30F2N4O4. The highest BCUT2D eigenvalue weighted by atomic mass is 19.3. The van der Waals surface area contributed by atoms with Gasteiger partial charge < -0.3 is 21.1 Å². The highest BCUT2D eigenvalue weighted by Crippen LogP contribution is 2.36. The van der Waals surface area contributed by atoms with Gasteiger partial charge in [-0.05, 0) is 57.4 Å². The van der Waals surface area contributed by atoms with Crippen molar-refractivity contribution in [2.45, 2.75) is 64.5 Å². The van der Waals surface area contributed by atoms with Gasteiger partial charge in [-0.1, -0.05) is 25.5 Å². The van der Waals surface area contributed by atoms with Crippen molar-refractivity contribution in [1.29, 1.82) is 0 Å². The summed E-state index contributed by atoms with van der Waals surface area (Å²) in [6.45, 7) is 7.02. The molecule has 0 fully saturated rings. The minimum atomic E-state index is -3.90. The van der Waals surface area contributed by atoms with E-state index in [-0.39, 0.29) is 11.6 Å². The van der Waals surface area contributed by atoms with E-state index < -0.39 is 41.0 Å². The molecular weight excluding hydrogens is 458 g/mol. The van der Waals surface area contributed by atoms with Crippen molar-refractivity contribution >= 4 is 23.6 Å². The molecule has 2 atom stereocenters. The van der Waals surface area contributed by atoms with E-state index in [1.54, 1.807) is 46.0 Å². The van der Waals surface area contributed by atoms with Crippen LogP contribution in [0.2, 0.25) is 0 Å². The predicted molar refractivity (Wildman–Crippen MR) is 127 cm³/mol. The number of alkyl carbamates (subject to hydrolysis) is 1. The monoisotopic (exact) mass is 488 g/mol. The molecule has 188 valence electrons. The van der Waals surface area contributed by atoms with Gasteiger partial charge in [-0.15, -0.1) is 0 Å². The van der Waals surface area contributed by atoms with Crippen LogP contribution in [-0.4, -0.2) is 28.5 Å². The number of aromatic nitrogens is 1. The third kappa shape index (κ3) is 6.32. The number of ether oxygens (including phenoxy) is 1. The number of nitrogens with one attached hydrogen (secondary N) is 2. The molecule has 0 saturated carbocycles. The molecule has 0 saturated heterocycles. The second-order valence-electron chi connectivity index (χ2n) is 9.69. The number of halogens is 2. The maximum Gasteiger partial charge on any atom is 0.408 e. The fourth-order valence-corrected chi connectivity index (χ4v) is 3.80. The molecule has 4 N–H and O–H groups in total. The topological polar surface area (TPSA) is 123 Å². The van der Waals surface area contributed by atoms with Gasteiger partial charge in [-0.3, -0.25) is 14.6 Å². The Morgan fingerprint density at radius 1 is 1.17 bits per heavy atom. The maximum absolute atomic E-state index is 14.3. The van der Waals surface area contributed by atoms with Crippen LogP contribution in [0.4, 0.5) is 19.3 Å². The summed E-state index contributed by atoms with van der Waals surface area (Å²) in [4.78, 5) is 41.0. The number of hydrogen-bond donors (Lipinski definition) is 3. The van der Waals surface area contributed by atoms with Crippen LogP contribution in [0.25, 0.3) is 11.1 Å². The molecule has 35 heavy (non-hydrogen) atoms. The second kappa shape index (κ2) is 9.97. The second-order valence-corrected chi connectivity index (χ2v) is 9.69. The largest absolute Gasteiger partial charge is 0.444 e. The average Bonchev–Trinajstić information content (AvgIpc) is 2.76. The molecule has 1 aliphatic heterocycles. The Hall–Kier alpha value is -3.56. The van der Waals surface area contributed by atoms with Crippen LogP contribution < -0.4 is 16.4 Å². The molecule has 0 spiro atoms. The number of nitrogens with two attached hydrogens (primary N) is 1. The molecule has 2 bridgehead atoms. The van der Waals surface area contributed by atoms with Crippen molar-refractivity contribution in [3.05, 3.63) is 47.8 Å². The van der Waals surface area contributed by atoms with E-state index in [1.165, 1.54) is 6.07 Å². The first-order valence-electron chi connectivity index (χ1n) is 11.4. The highest BCUT2D eigenvalue weighted by Gasteiger charge is 2.39. The van der Waals surface area contributed by atoms with Crippen molar-refractivity contribution < 1.29 is 27.9 Å². The van der Waals surface area contributed by atoms with Crippen LogP contribution >= 0.6 is 0 Å². The van der Waals surface area contributed by atoms with Crippen molar-refractivity contribution in [1.82, 2.24) is 10.3 Å². The number of alkyl halides is 2. The van der Waals surface area contributed by atoms with Gasteiger partial charge in [0.15, 0.2) is 0 Å². The number of anilines is 1. The van der Waals surface area contributed by atoms with E-state index in [4.69, 9.17) is 10.5 Å². The zero-order chi connectivity index (χ0) is 26.0. The molecule has 0 aliphatic carbocycles. The van der Waals surface area contributed by atoms with E-state index in [9.17, 15) is 23.2 Å². The van der Waals surface area contributed by atoms with Crippen molar-refractivity contribution in [3.63, 3.8) is 0 Å². The number of nitrogens with zero attached hydrogens (tertiary/aromatic N) is 1. The van der Waals surface area contributed by atoms with Gasteiger partial charge in [-0.25, -0.2) is 4.79 Å². The van der Waals surface area contributed by atoms with E-state index >= 15 is 0 Å². The molecule has 1 aromatic heterocycles. The summed E-state index contributed by atoms with van der Waals surface area (Å²) in [6, 6.07) is 6.47. The van der Waals surface area contributed by atoms with Gasteiger partial charge in [0, 0.05) is 28.9 Å². The van der Waals surface area contributed by atoms with Crippen molar-refractivity contribution in [3.8, 4) is 11.1 Å². The van der Waals surface area contributed by atoms with E-state index in [0.717, 1.165) is 12.1 Å². The first-order valence-corrected chi connectivity index (χ1v) is 11.4. The molecule has 2 heterocycles. The van der Waals surface area contributed by atoms with Crippen LogP contribution in [-0.2, 0) is 20.2 Å². The van der Waals surface area contributed by atoms with Crippen LogP contribution in [0, 0.1) is 5.92 Å². The fourth-order valence-electron chi connectivity index (χ4n) is 3.80. The fraction of sp³-hybridized carbons (Fsp3) is 0.440. The molecule has 0 unspecified atom stereocenters. The summed E-state index contributed by atoms with van der Waals surface area (Å²) < 4.78 is 34.0. The van der Waals surface area contributed by atoms with Crippen molar-refractivity contribution in [2.75, 3.05) is 5.32 Å². The lowest BCUT2D eigenvalue weighted by molar-refractivity contribution is -0.143. The Morgan fingerprint density at radius 3 is 2.54 bits per heavy atom. The summed E-state index contributed by atoms with van der Waals surface area (Å²) in [5, 5.41) is 5.58. The van der Waals surface area contributed by atoms with Gasteiger partial charge in [0.25, 0.3) is 5.91 Å². The number of carbonyl (C=O) groups is 3. The number of hydrogen-bond acceptors (Lipinski definition) is 5. The molecule has 3 amide bonds. The Labute approximate surface area is 202 Å².